The van der Waals surface area contributed by atoms with Gasteiger partial charge in [0, 0.05) is 17.2 Å². The van der Waals surface area contributed by atoms with Crippen molar-refractivity contribution in [2.45, 2.75) is 59.7 Å². The molecule has 0 aliphatic heterocycles. The minimum atomic E-state index is -3.35. The van der Waals surface area contributed by atoms with Crippen molar-refractivity contribution in [3.63, 3.8) is 0 Å². The molecule has 0 spiro atoms. The van der Waals surface area contributed by atoms with Gasteiger partial charge in [-0.25, -0.2) is 14.6 Å². The summed E-state index contributed by atoms with van der Waals surface area (Å²) in [4.78, 5) is 34.6. The van der Waals surface area contributed by atoms with E-state index in [2.05, 4.69) is 10.1 Å². The van der Waals surface area contributed by atoms with Crippen LogP contribution in [-0.4, -0.2) is 47.1 Å². The van der Waals surface area contributed by atoms with Crippen LogP contribution in [-0.2, 0) is 44.5 Å². The Morgan fingerprint density at radius 1 is 1.20 bits per heavy atom. The Morgan fingerprint density at radius 3 is 2.20 bits per heavy atom. The molecule has 1 heterocycles. The van der Waals surface area contributed by atoms with Gasteiger partial charge >= 0.3 is 18.7 Å². The summed E-state index contributed by atoms with van der Waals surface area (Å²) in [5.41, 5.74) is 3.19. The first-order valence-corrected chi connectivity index (χ1v) is 12.5. The van der Waals surface area contributed by atoms with Gasteiger partial charge in [-0.1, -0.05) is 5.16 Å². The zero-order chi connectivity index (χ0) is 23.2. The summed E-state index contributed by atoms with van der Waals surface area (Å²) in [7, 11) is 0. The van der Waals surface area contributed by atoms with E-state index >= 15 is 0 Å². The molecule has 0 saturated carbocycles. The first-order valence-electron chi connectivity index (χ1n) is 9.07. The molecule has 0 amide bonds. The molecule has 0 bridgehead atoms. The zero-order valence-electron chi connectivity index (χ0n) is 18.1. The van der Waals surface area contributed by atoms with Gasteiger partial charge in [-0.05, 0) is 48.5 Å². The van der Waals surface area contributed by atoms with E-state index in [0.717, 1.165) is 11.3 Å². The molecular weight excluding hydrogens is 453 g/mol. The monoisotopic (exact) mass is 481 g/mol. The molecule has 1 aromatic rings. The Morgan fingerprint density at radius 2 is 1.77 bits per heavy atom. The number of ether oxygens (including phenoxy) is 1. The van der Waals surface area contributed by atoms with E-state index < -0.39 is 29.9 Å². The highest BCUT2D eigenvalue weighted by molar-refractivity contribution is 8.07. The number of nitrogens with zero attached hydrogens (tertiary/aromatic N) is 2. The Labute approximate surface area is 185 Å². The van der Waals surface area contributed by atoms with Gasteiger partial charge in [0.15, 0.2) is 5.13 Å². The number of carbonyl (C=O) groups excluding carboxylic acids is 2. The van der Waals surface area contributed by atoms with Crippen molar-refractivity contribution in [3.05, 3.63) is 11.1 Å². The van der Waals surface area contributed by atoms with Gasteiger partial charge in [-0.2, -0.15) is 0 Å². The highest BCUT2D eigenvalue weighted by Crippen LogP contribution is 2.50. The summed E-state index contributed by atoms with van der Waals surface area (Å²) in [6.45, 7) is 8.46. The summed E-state index contributed by atoms with van der Waals surface area (Å²) >= 11 is 6.31. The lowest BCUT2D eigenvalue weighted by Crippen LogP contribution is -2.40. The molecule has 13 heteroatoms. The maximum atomic E-state index is 12.8. The number of aromatic nitrogens is 1. The topological polar surface area (TPSA) is 132 Å². The van der Waals surface area contributed by atoms with Crippen LogP contribution < -0.4 is 5.73 Å². The summed E-state index contributed by atoms with van der Waals surface area (Å²) in [6, 6.07) is 0. The maximum absolute atomic E-state index is 12.8. The predicted molar refractivity (Wildman–Crippen MR) is 118 cm³/mol. The second-order valence-electron chi connectivity index (χ2n) is 7.28. The van der Waals surface area contributed by atoms with Crippen LogP contribution in [0.25, 0.3) is 0 Å². The molecule has 0 aliphatic carbocycles. The lowest BCUT2D eigenvalue weighted by atomic mass is 10.1. The Hall–Kier alpha value is -1.59. The number of anilines is 1. The highest BCUT2D eigenvalue weighted by Gasteiger charge is 2.37. The lowest BCUT2D eigenvalue weighted by molar-refractivity contribution is -0.179. The normalized spacial score (nSPS) is 13.1. The first-order chi connectivity index (χ1) is 13.7. The number of nitrogens with two attached hydrogens (primary N) is 1. The molecule has 0 saturated heterocycles. The third kappa shape index (κ3) is 8.27. The van der Waals surface area contributed by atoms with Gasteiger partial charge in [0.1, 0.15) is 11.3 Å². The number of esters is 1. The summed E-state index contributed by atoms with van der Waals surface area (Å²) in [6.07, 6.45) is 0. The quantitative estimate of drug-likeness (QED) is 0.229. The van der Waals surface area contributed by atoms with Gasteiger partial charge in [-0.15, -0.1) is 11.3 Å². The number of hydrogen-bond donors (Lipinski definition) is 1. The molecule has 10 nitrogen and oxygen atoms in total. The largest absolute Gasteiger partial charge is 0.457 e. The second kappa shape index (κ2) is 10.6. The van der Waals surface area contributed by atoms with Crippen LogP contribution in [0.15, 0.2) is 10.5 Å². The minimum absolute atomic E-state index is 0.0945. The van der Waals surface area contributed by atoms with E-state index in [9.17, 15) is 9.59 Å². The zero-order valence-corrected chi connectivity index (χ0v) is 20.6. The molecule has 1 rings (SSSR count). The second-order valence-corrected chi connectivity index (χ2v) is 11.1. The van der Waals surface area contributed by atoms with E-state index in [1.54, 1.807) is 34.6 Å². The van der Waals surface area contributed by atoms with Crippen molar-refractivity contribution < 1.29 is 32.7 Å². The molecule has 0 aliphatic rings. The molecule has 1 aromatic heterocycles. The average molecular weight is 482 g/mol. The van der Waals surface area contributed by atoms with Crippen molar-refractivity contribution in [3.8, 4) is 0 Å². The number of hydrogen-bond acceptors (Lipinski definition) is 12. The van der Waals surface area contributed by atoms with E-state index in [1.165, 1.54) is 19.2 Å². The Balaban J connectivity index is 3.19. The molecule has 0 radical (unpaired) electrons. The highest BCUT2D eigenvalue weighted by atomic mass is 32.5. The van der Waals surface area contributed by atoms with Gasteiger partial charge in [0.25, 0.3) is 0 Å². The van der Waals surface area contributed by atoms with Crippen molar-refractivity contribution in [2.75, 3.05) is 18.9 Å². The Kier molecular flexibility index (Phi) is 9.37. The summed E-state index contributed by atoms with van der Waals surface area (Å²) in [5.74, 6) is -1.65. The molecule has 2 N–H and O–H groups in total. The van der Waals surface area contributed by atoms with E-state index in [-0.39, 0.29) is 29.8 Å². The number of rotatable bonds is 10. The van der Waals surface area contributed by atoms with Crippen molar-refractivity contribution in [1.29, 1.82) is 0 Å². The van der Waals surface area contributed by atoms with Crippen LogP contribution in [0.4, 0.5) is 5.13 Å². The number of thiazole rings is 1. The fraction of sp³-hybridized carbons (Fsp3) is 0.647. The average Bonchev–Trinajstić information content (AvgIpc) is 2.99. The van der Waals surface area contributed by atoms with Crippen LogP contribution in [0.2, 0.25) is 0 Å². The Bertz CT molecular complexity index is 824. The summed E-state index contributed by atoms with van der Waals surface area (Å²) in [5, 5.41) is 5.51. The van der Waals surface area contributed by atoms with Crippen LogP contribution in [0, 0.1) is 0 Å². The number of oxime groups is 1. The minimum Gasteiger partial charge on any atom is -0.457 e. The fourth-order valence-corrected chi connectivity index (χ4v) is 4.22. The lowest BCUT2D eigenvalue weighted by Gasteiger charge is -2.27. The van der Waals surface area contributed by atoms with Crippen LogP contribution in [0.5, 0.6) is 0 Å². The fourth-order valence-electron chi connectivity index (χ4n) is 1.73. The SMILES string of the molecule is CCOP(=S)(OCC)OC(=O)/C(=N\OC(C)(C)C(=O)OC(C)(C)C)c1csc(N)n1. The first kappa shape index (κ1) is 26.4. The summed E-state index contributed by atoms with van der Waals surface area (Å²) < 4.78 is 21.2. The molecule has 0 fully saturated rings. The standard InChI is InChI=1S/C17H28N3O7PS2/c1-8-23-28(29,24-9-2)26-13(21)12(11-10-30-15(18)19-11)20-27-17(6,7)14(22)25-16(3,4)5/h10H,8-9H2,1-7H3,(H2,18,19)/b20-12-. The number of carbonyl (C=O) groups is 2. The van der Waals surface area contributed by atoms with E-state index in [0.29, 0.717) is 0 Å². The third-order valence-corrected chi connectivity index (χ3v) is 6.05. The van der Waals surface area contributed by atoms with E-state index in [1.807, 2.05) is 0 Å². The third-order valence-electron chi connectivity index (χ3n) is 2.98. The maximum Gasteiger partial charge on any atom is 0.383 e. The molecular formula is C17H28N3O7PS2. The molecule has 0 aromatic carbocycles. The van der Waals surface area contributed by atoms with Crippen molar-refractivity contribution in [1.82, 2.24) is 4.98 Å². The van der Waals surface area contributed by atoms with Crippen LogP contribution in [0.1, 0.15) is 54.2 Å². The van der Waals surface area contributed by atoms with Crippen molar-refractivity contribution >= 4 is 52.6 Å². The smallest absolute Gasteiger partial charge is 0.383 e. The van der Waals surface area contributed by atoms with Gasteiger partial charge < -0.3 is 19.8 Å². The van der Waals surface area contributed by atoms with E-state index in [4.69, 9.17) is 40.7 Å². The number of nitrogen functional groups attached to an aromatic ring is 1. The van der Waals surface area contributed by atoms with Gasteiger partial charge in [-0.3, -0.25) is 9.05 Å². The predicted octanol–water partition coefficient (Wildman–Crippen LogP) is 3.41. The molecule has 0 atom stereocenters. The van der Waals surface area contributed by atoms with Gasteiger partial charge in [0.05, 0.1) is 13.2 Å². The molecule has 0 unspecified atom stereocenters. The van der Waals surface area contributed by atoms with Crippen molar-refractivity contribution in [2.24, 2.45) is 5.16 Å². The van der Waals surface area contributed by atoms with Gasteiger partial charge in [0.2, 0.25) is 11.3 Å². The van der Waals surface area contributed by atoms with Crippen LogP contribution >= 0.6 is 18.1 Å². The molecule has 30 heavy (non-hydrogen) atoms. The molecule has 170 valence electrons. The van der Waals surface area contributed by atoms with Crippen LogP contribution in [0.3, 0.4) is 0 Å².